The fraction of sp³-hybridized carbons (Fsp3) is 0.143. The molecule has 4 heteroatoms. The van der Waals surface area contributed by atoms with E-state index in [0.717, 1.165) is 17.5 Å². The van der Waals surface area contributed by atoms with Crippen molar-refractivity contribution >= 4 is 46.4 Å². The fourth-order valence-electron chi connectivity index (χ4n) is 1.70. The van der Waals surface area contributed by atoms with Crippen molar-refractivity contribution in [3.8, 4) is 11.1 Å². The summed E-state index contributed by atoms with van der Waals surface area (Å²) in [6.45, 7) is 2.11. The van der Waals surface area contributed by atoms with Gasteiger partial charge in [0.05, 0.1) is 20.1 Å². The van der Waals surface area contributed by atoms with Crippen LogP contribution in [-0.4, -0.2) is 0 Å². The van der Waals surface area contributed by atoms with Gasteiger partial charge >= 0.3 is 0 Å². The van der Waals surface area contributed by atoms with Crippen LogP contribution >= 0.6 is 46.4 Å². The molecule has 0 atom stereocenters. The van der Waals surface area contributed by atoms with Gasteiger partial charge in [0.1, 0.15) is 0 Å². The molecule has 0 bridgehead atoms. The smallest absolute Gasteiger partial charge is 0.0800 e. The van der Waals surface area contributed by atoms with Crippen LogP contribution in [0, 0.1) is 0 Å². The molecule has 0 radical (unpaired) electrons. The van der Waals surface area contributed by atoms with Gasteiger partial charge in [0.25, 0.3) is 0 Å². The van der Waals surface area contributed by atoms with Crippen LogP contribution in [0.2, 0.25) is 20.1 Å². The molecule has 0 fully saturated rings. The molecule has 2 aromatic rings. The highest BCUT2D eigenvalue weighted by Gasteiger charge is 2.14. The van der Waals surface area contributed by atoms with Crippen LogP contribution < -0.4 is 0 Å². The second kappa shape index (κ2) is 5.71. The molecule has 0 aliphatic rings. The molecular formula is C14H10Cl4. The van der Waals surface area contributed by atoms with Crippen molar-refractivity contribution in [1.82, 2.24) is 0 Å². The van der Waals surface area contributed by atoms with Gasteiger partial charge < -0.3 is 0 Å². The van der Waals surface area contributed by atoms with Crippen LogP contribution in [0.1, 0.15) is 12.5 Å². The Balaban J connectivity index is 2.56. The van der Waals surface area contributed by atoms with Gasteiger partial charge in [0.2, 0.25) is 0 Å². The van der Waals surface area contributed by atoms with Gasteiger partial charge in [-0.15, -0.1) is 0 Å². The zero-order valence-corrected chi connectivity index (χ0v) is 12.6. The lowest BCUT2D eigenvalue weighted by Crippen LogP contribution is -1.85. The lowest BCUT2D eigenvalue weighted by molar-refractivity contribution is 1.14. The first-order chi connectivity index (χ1) is 8.54. The Hall–Kier alpha value is -0.400. The summed E-state index contributed by atoms with van der Waals surface area (Å²) in [5.74, 6) is 0. The van der Waals surface area contributed by atoms with Gasteiger partial charge in [0, 0.05) is 5.56 Å². The van der Waals surface area contributed by atoms with Gasteiger partial charge in [-0.25, -0.2) is 0 Å². The summed E-state index contributed by atoms with van der Waals surface area (Å²) < 4.78 is 0. The third-order valence-electron chi connectivity index (χ3n) is 2.78. The van der Waals surface area contributed by atoms with E-state index in [-0.39, 0.29) is 5.02 Å². The van der Waals surface area contributed by atoms with Crippen molar-refractivity contribution in [3.63, 3.8) is 0 Å². The highest BCUT2D eigenvalue weighted by molar-refractivity contribution is 6.52. The Bertz CT molecular complexity index is 573. The summed E-state index contributed by atoms with van der Waals surface area (Å²) in [6, 6.07) is 9.85. The SMILES string of the molecule is CCc1ccc(-c2cc(Cl)c(Cl)c(Cl)c2Cl)cc1. The normalized spacial score (nSPS) is 10.7. The Morgan fingerprint density at radius 3 is 2.00 bits per heavy atom. The second-order valence-electron chi connectivity index (χ2n) is 3.90. The molecule has 0 saturated carbocycles. The maximum atomic E-state index is 6.20. The van der Waals surface area contributed by atoms with Crippen LogP contribution in [-0.2, 0) is 6.42 Å². The van der Waals surface area contributed by atoms with E-state index in [1.54, 1.807) is 6.07 Å². The molecule has 2 rings (SSSR count). The highest BCUT2D eigenvalue weighted by Crippen LogP contribution is 2.42. The van der Waals surface area contributed by atoms with Crippen LogP contribution in [0.5, 0.6) is 0 Å². The van der Waals surface area contributed by atoms with Gasteiger partial charge in [-0.3, -0.25) is 0 Å². The summed E-state index contributed by atoms with van der Waals surface area (Å²) in [5.41, 5.74) is 3.03. The van der Waals surface area contributed by atoms with E-state index in [1.165, 1.54) is 5.56 Å². The van der Waals surface area contributed by atoms with E-state index in [4.69, 9.17) is 46.4 Å². The number of halogens is 4. The topological polar surface area (TPSA) is 0 Å². The largest absolute Gasteiger partial charge is 0.0826 e. The van der Waals surface area contributed by atoms with Crippen LogP contribution in [0.3, 0.4) is 0 Å². The third-order valence-corrected chi connectivity index (χ3v) is 4.53. The van der Waals surface area contributed by atoms with Crippen molar-refractivity contribution in [2.45, 2.75) is 13.3 Å². The Morgan fingerprint density at radius 1 is 0.833 bits per heavy atom. The molecule has 0 aliphatic heterocycles. The average Bonchev–Trinajstić information content (AvgIpc) is 2.41. The Labute approximate surface area is 126 Å². The molecule has 2 aromatic carbocycles. The fourth-order valence-corrected chi connectivity index (χ4v) is 2.61. The first kappa shape index (κ1) is 14.0. The van der Waals surface area contributed by atoms with E-state index in [2.05, 4.69) is 19.1 Å². The maximum Gasteiger partial charge on any atom is 0.0800 e. The molecule has 0 nitrogen and oxygen atoms in total. The van der Waals surface area contributed by atoms with Gasteiger partial charge in [-0.05, 0) is 23.6 Å². The first-order valence-electron chi connectivity index (χ1n) is 5.47. The molecule has 94 valence electrons. The first-order valence-corrected chi connectivity index (χ1v) is 6.98. The number of hydrogen-bond donors (Lipinski definition) is 0. The summed E-state index contributed by atoms with van der Waals surface area (Å²) in [5, 5.41) is 1.41. The van der Waals surface area contributed by atoms with E-state index in [1.807, 2.05) is 12.1 Å². The molecule has 0 amide bonds. The molecular weight excluding hydrogens is 310 g/mol. The summed E-state index contributed by atoms with van der Waals surface area (Å²) in [6.07, 6.45) is 0.996. The predicted molar refractivity (Wildman–Crippen MR) is 81.3 cm³/mol. The third kappa shape index (κ3) is 2.62. The molecule has 0 spiro atoms. The molecule has 0 aromatic heterocycles. The number of aryl methyl sites for hydroxylation is 1. The molecule has 0 unspecified atom stereocenters. The van der Waals surface area contributed by atoms with Crippen molar-refractivity contribution in [2.75, 3.05) is 0 Å². The Kier molecular flexibility index (Phi) is 4.45. The van der Waals surface area contributed by atoms with Gasteiger partial charge in [0.15, 0.2) is 0 Å². The van der Waals surface area contributed by atoms with Gasteiger partial charge in [-0.2, -0.15) is 0 Å². The van der Waals surface area contributed by atoms with Crippen molar-refractivity contribution in [3.05, 3.63) is 56.0 Å². The average molecular weight is 320 g/mol. The van der Waals surface area contributed by atoms with Crippen LogP contribution in [0.4, 0.5) is 0 Å². The van der Waals surface area contributed by atoms with Gasteiger partial charge in [-0.1, -0.05) is 77.6 Å². The summed E-state index contributed by atoms with van der Waals surface area (Å²) in [4.78, 5) is 0. The van der Waals surface area contributed by atoms with E-state index >= 15 is 0 Å². The number of hydrogen-bond acceptors (Lipinski definition) is 0. The molecule has 0 N–H and O–H groups in total. The molecule has 18 heavy (non-hydrogen) atoms. The second-order valence-corrected chi connectivity index (χ2v) is 5.44. The zero-order valence-electron chi connectivity index (χ0n) is 9.61. The lowest BCUT2D eigenvalue weighted by atomic mass is 10.0. The number of benzene rings is 2. The zero-order chi connectivity index (χ0) is 13.3. The van der Waals surface area contributed by atoms with E-state index in [9.17, 15) is 0 Å². The van der Waals surface area contributed by atoms with Crippen molar-refractivity contribution in [1.29, 1.82) is 0 Å². The maximum absolute atomic E-state index is 6.20. The minimum absolute atomic E-state index is 0.289. The molecule has 0 aliphatic carbocycles. The quantitative estimate of drug-likeness (QED) is 0.436. The number of rotatable bonds is 2. The summed E-state index contributed by atoms with van der Waals surface area (Å²) in [7, 11) is 0. The van der Waals surface area contributed by atoms with Crippen molar-refractivity contribution in [2.24, 2.45) is 0 Å². The lowest BCUT2D eigenvalue weighted by Gasteiger charge is -2.10. The van der Waals surface area contributed by atoms with Crippen molar-refractivity contribution < 1.29 is 0 Å². The minimum Gasteiger partial charge on any atom is -0.0826 e. The van der Waals surface area contributed by atoms with Crippen LogP contribution in [0.15, 0.2) is 30.3 Å². The molecule has 0 heterocycles. The standard InChI is InChI=1S/C14H10Cl4/c1-2-8-3-5-9(6-4-8)10-7-11(15)13(17)14(18)12(10)16/h3-7H,2H2,1H3. The van der Waals surface area contributed by atoms with Crippen LogP contribution in [0.25, 0.3) is 11.1 Å². The molecule has 0 saturated heterocycles. The van der Waals surface area contributed by atoms with E-state index < -0.39 is 0 Å². The predicted octanol–water partition coefficient (Wildman–Crippen LogP) is 6.53. The van der Waals surface area contributed by atoms with E-state index in [0.29, 0.717) is 15.1 Å². The monoisotopic (exact) mass is 318 g/mol. The Morgan fingerprint density at radius 2 is 1.44 bits per heavy atom. The summed E-state index contributed by atoms with van der Waals surface area (Å²) >= 11 is 24.2. The highest BCUT2D eigenvalue weighted by atomic mass is 35.5. The minimum atomic E-state index is 0.289.